The lowest BCUT2D eigenvalue weighted by atomic mass is 9.98. The third-order valence-electron chi connectivity index (χ3n) is 3.35. The molecule has 6 heteroatoms. The van der Waals surface area contributed by atoms with Crippen LogP contribution >= 0.6 is 11.8 Å². The van der Waals surface area contributed by atoms with Gasteiger partial charge in [0.1, 0.15) is 0 Å². The number of halogens is 2. The molecule has 23 heavy (non-hydrogen) atoms. The Bertz CT molecular complexity index is 694. The Morgan fingerprint density at radius 3 is 2.52 bits per heavy atom. The number of hydrogen-bond acceptors (Lipinski definition) is 3. The summed E-state index contributed by atoms with van der Waals surface area (Å²) in [7, 11) is 1.67. The van der Waals surface area contributed by atoms with Crippen molar-refractivity contribution in [2.45, 2.75) is 10.9 Å². The van der Waals surface area contributed by atoms with Crippen molar-refractivity contribution in [3.8, 4) is 0 Å². The van der Waals surface area contributed by atoms with Crippen LogP contribution in [0.3, 0.4) is 0 Å². The quantitative estimate of drug-likeness (QED) is 0.797. The molecule has 2 N–H and O–H groups in total. The third kappa shape index (κ3) is 4.53. The van der Waals surface area contributed by atoms with Gasteiger partial charge in [0.15, 0.2) is 11.6 Å². The minimum absolute atomic E-state index is 0.141. The molecule has 122 valence electrons. The molecule has 2 rings (SSSR count). The minimum atomic E-state index is -0.934. The van der Waals surface area contributed by atoms with Crippen molar-refractivity contribution in [3.05, 3.63) is 65.2 Å². The van der Waals surface area contributed by atoms with Crippen molar-refractivity contribution in [1.82, 2.24) is 10.6 Å². The van der Waals surface area contributed by atoms with Gasteiger partial charge in [0.25, 0.3) is 0 Å². The van der Waals surface area contributed by atoms with Crippen LogP contribution in [0.15, 0.2) is 47.4 Å². The van der Waals surface area contributed by atoms with Crippen LogP contribution in [0.1, 0.15) is 17.2 Å². The second kappa shape index (κ2) is 8.08. The topological polar surface area (TPSA) is 41.1 Å². The van der Waals surface area contributed by atoms with Crippen molar-refractivity contribution in [2.75, 3.05) is 19.8 Å². The van der Waals surface area contributed by atoms with E-state index in [2.05, 4.69) is 10.6 Å². The first-order valence-electron chi connectivity index (χ1n) is 7.08. The summed E-state index contributed by atoms with van der Waals surface area (Å²) in [6, 6.07) is 10.7. The predicted molar refractivity (Wildman–Crippen MR) is 88.5 cm³/mol. The second-order valence-corrected chi connectivity index (χ2v) is 5.86. The van der Waals surface area contributed by atoms with Gasteiger partial charge in [0.05, 0.1) is 12.6 Å². The Morgan fingerprint density at radius 2 is 1.87 bits per heavy atom. The molecule has 3 nitrogen and oxygen atoms in total. The van der Waals surface area contributed by atoms with Gasteiger partial charge in [-0.25, -0.2) is 8.78 Å². The minimum Gasteiger partial charge on any atom is -0.344 e. The molecule has 0 heterocycles. The summed E-state index contributed by atoms with van der Waals surface area (Å²) in [6.07, 6.45) is 1.95. The molecule has 0 saturated carbocycles. The van der Waals surface area contributed by atoms with Gasteiger partial charge in [-0.3, -0.25) is 4.79 Å². The first kappa shape index (κ1) is 17.4. The van der Waals surface area contributed by atoms with Crippen molar-refractivity contribution in [2.24, 2.45) is 0 Å². The summed E-state index contributed by atoms with van der Waals surface area (Å²) in [4.78, 5) is 13.0. The van der Waals surface area contributed by atoms with Crippen LogP contribution in [0.4, 0.5) is 8.78 Å². The Morgan fingerprint density at radius 1 is 1.13 bits per heavy atom. The molecule has 0 unspecified atom stereocenters. The molecule has 1 amide bonds. The Balaban J connectivity index is 2.41. The van der Waals surface area contributed by atoms with Crippen LogP contribution in [-0.2, 0) is 4.79 Å². The van der Waals surface area contributed by atoms with Crippen molar-refractivity contribution < 1.29 is 13.6 Å². The summed E-state index contributed by atoms with van der Waals surface area (Å²) < 4.78 is 26.8. The maximum atomic E-state index is 13.6. The molecular weight excluding hydrogens is 318 g/mol. The van der Waals surface area contributed by atoms with E-state index in [1.807, 2.05) is 30.5 Å². The van der Waals surface area contributed by atoms with E-state index in [1.54, 1.807) is 18.8 Å². The van der Waals surface area contributed by atoms with Gasteiger partial charge in [0, 0.05) is 4.90 Å². The SMILES string of the molecule is CNCC(=O)N[C@@H](c1cccc(SC)c1)c1ccc(F)c(F)c1. The Labute approximate surface area is 138 Å². The largest absolute Gasteiger partial charge is 0.344 e. The van der Waals surface area contributed by atoms with E-state index in [-0.39, 0.29) is 12.5 Å². The zero-order valence-corrected chi connectivity index (χ0v) is 13.7. The average molecular weight is 336 g/mol. The molecule has 0 bridgehead atoms. The van der Waals surface area contributed by atoms with E-state index in [4.69, 9.17) is 0 Å². The van der Waals surface area contributed by atoms with Gasteiger partial charge in [0.2, 0.25) is 5.91 Å². The molecular formula is C17H18F2N2OS. The molecule has 0 spiro atoms. The summed E-state index contributed by atoms with van der Waals surface area (Å²) in [6.45, 7) is 0.141. The average Bonchev–Trinajstić information content (AvgIpc) is 2.55. The summed E-state index contributed by atoms with van der Waals surface area (Å²) in [5.41, 5.74) is 1.30. The zero-order chi connectivity index (χ0) is 16.8. The van der Waals surface area contributed by atoms with Gasteiger partial charge in [-0.2, -0.15) is 0 Å². The van der Waals surface area contributed by atoms with E-state index in [9.17, 15) is 13.6 Å². The van der Waals surface area contributed by atoms with Gasteiger partial charge in [-0.1, -0.05) is 18.2 Å². The van der Waals surface area contributed by atoms with E-state index in [0.29, 0.717) is 5.56 Å². The number of carbonyl (C=O) groups excluding carboxylic acids is 1. The number of benzene rings is 2. The van der Waals surface area contributed by atoms with E-state index in [1.165, 1.54) is 6.07 Å². The normalized spacial score (nSPS) is 12.0. The van der Waals surface area contributed by atoms with Crippen LogP contribution in [0, 0.1) is 11.6 Å². The lowest BCUT2D eigenvalue weighted by Crippen LogP contribution is -2.35. The molecule has 0 fully saturated rings. The fourth-order valence-corrected chi connectivity index (χ4v) is 2.71. The first-order chi connectivity index (χ1) is 11.0. The predicted octanol–water partition coefficient (Wildman–Crippen LogP) is 3.11. The van der Waals surface area contributed by atoms with Gasteiger partial charge >= 0.3 is 0 Å². The highest BCUT2D eigenvalue weighted by atomic mass is 32.2. The molecule has 0 aliphatic carbocycles. The van der Waals surface area contributed by atoms with Crippen LogP contribution < -0.4 is 10.6 Å². The summed E-state index contributed by atoms with van der Waals surface area (Å²) >= 11 is 1.57. The fraction of sp³-hybridized carbons (Fsp3) is 0.235. The smallest absolute Gasteiger partial charge is 0.234 e. The van der Waals surface area contributed by atoms with Crippen LogP contribution in [0.25, 0.3) is 0 Å². The molecule has 0 aliphatic heterocycles. The number of amides is 1. The highest BCUT2D eigenvalue weighted by Crippen LogP contribution is 2.26. The number of hydrogen-bond donors (Lipinski definition) is 2. The monoisotopic (exact) mass is 336 g/mol. The first-order valence-corrected chi connectivity index (χ1v) is 8.30. The molecule has 0 aliphatic rings. The van der Waals surface area contributed by atoms with Crippen molar-refractivity contribution >= 4 is 17.7 Å². The fourth-order valence-electron chi connectivity index (χ4n) is 2.24. The number of thioether (sulfide) groups is 1. The summed E-state index contributed by atoms with van der Waals surface area (Å²) in [5.74, 6) is -2.07. The number of rotatable bonds is 6. The molecule has 2 aromatic rings. The van der Waals surface area contributed by atoms with Crippen molar-refractivity contribution in [1.29, 1.82) is 0 Å². The number of carbonyl (C=O) groups is 1. The lowest BCUT2D eigenvalue weighted by molar-refractivity contribution is -0.120. The highest BCUT2D eigenvalue weighted by molar-refractivity contribution is 7.98. The van der Waals surface area contributed by atoms with E-state index < -0.39 is 17.7 Å². The molecule has 0 saturated heterocycles. The van der Waals surface area contributed by atoms with Crippen LogP contribution in [0.2, 0.25) is 0 Å². The molecule has 1 atom stereocenters. The van der Waals surface area contributed by atoms with Gasteiger partial charge < -0.3 is 10.6 Å². The van der Waals surface area contributed by atoms with Gasteiger partial charge in [-0.05, 0) is 48.7 Å². The van der Waals surface area contributed by atoms with E-state index in [0.717, 1.165) is 22.6 Å². The molecule has 0 aromatic heterocycles. The van der Waals surface area contributed by atoms with E-state index >= 15 is 0 Å². The Hall–Kier alpha value is -1.92. The second-order valence-electron chi connectivity index (χ2n) is 4.98. The number of nitrogens with one attached hydrogen (secondary N) is 2. The number of likely N-dealkylation sites (N-methyl/N-ethyl adjacent to an activating group) is 1. The Kier molecular flexibility index (Phi) is 6.12. The van der Waals surface area contributed by atoms with Gasteiger partial charge in [-0.15, -0.1) is 11.8 Å². The van der Waals surface area contributed by atoms with Crippen LogP contribution in [0.5, 0.6) is 0 Å². The van der Waals surface area contributed by atoms with Crippen molar-refractivity contribution in [3.63, 3.8) is 0 Å². The maximum Gasteiger partial charge on any atom is 0.234 e. The maximum absolute atomic E-state index is 13.6. The third-order valence-corrected chi connectivity index (χ3v) is 4.07. The van der Waals surface area contributed by atoms with Crippen LogP contribution in [-0.4, -0.2) is 25.8 Å². The summed E-state index contributed by atoms with van der Waals surface area (Å²) in [5, 5.41) is 5.62. The lowest BCUT2D eigenvalue weighted by Gasteiger charge is -2.20. The molecule has 0 radical (unpaired) electrons. The molecule has 2 aromatic carbocycles. The highest BCUT2D eigenvalue weighted by Gasteiger charge is 2.18. The zero-order valence-electron chi connectivity index (χ0n) is 12.9. The standard InChI is InChI=1S/C17H18F2N2OS/c1-20-10-16(22)21-17(11-4-3-5-13(8-11)23-2)12-6-7-14(18)15(19)9-12/h3-9,17,20H,10H2,1-2H3,(H,21,22)/t17-/m0/s1.